The van der Waals surface area contributed by atoms with Gasteiger partial charge in [0.2, 0.25) is 0 Å². The number of hydrogen-bond acceptors (Lipinski definition) is 8. The quantitative estimate of drug-likeness (QED) is 0.226. The molecule has 4 rings (SSSR count). The Balaban J connectivity index is 1.81. The second-order valence-corrected chi connectivity index (χ2v) is 10.8. The van der Waals surface area contributed by atoms with Crippen LogP contribution in [0.25, 0.3) is 0 Å². The highest BCUT2D eigenvalue weighted by molar-refractivity contribution is 9.10. The summed E-state index contributed by atoms with van der Waals surface area (Å²) in [5, 5.41) is 0. The SMILES string of the molecule is CCCCOC(=O)C1C(C)=NC2=C(C(=O)C[C@H](c3ccc(OC)c(OC)c3)C2)[C@H]1c1cc(Br)c(OC)c(OC)c1. The lowest BCUT2D eigenvalue weighted by atomic mass is 9.69. The Labute approximate surface area is 243 Å². The summed E-state index contributed by atoms with van der Waals surface area (Å²) in [5.41, 5.74) is 3.59. The van der Waals surface area contributed by atoms with Crippen LogP contribution < -0.4 is 18.9 Å². The molecular formula is C31H36BrNO7. The Kier molecular flexibility index (Phi) is 9.56. The number of ketones is 1. The summed E-state index contributed by atoms with van der Waals surface area (Å²) < 4.78 is 28.3. The number of ether oxygens (including phenoxy) is 5. The average Bonchev–Trinajstić information content (AvgIpc) is 2.95. The maximum Gasteiger partial charge on any atom is 0.315 e. The molecule has 0 saturated heterocycles. The number of aliphatic imine (C=N–C) groups is 1. The van der Waals surface area contributed by atoms with Crippen molar-refractivity contribution in [3.63, 3.8) is 0 Å². The van der Waals surface area contributed by atoms with Gasteiger partial charge in [0.25, 0.3) is 0 Å². The fourth-order valence-electron chi connectivity index (χ4n) is 5.59. The summed E-state index contributed by atoms with van der Waals surface area (Å²) in [4.78, 5) is 32.3. The maximum atomic E-state index is 14.0. The molecule has 0 fully saturated rings. The zero-order valence-corrected chi connectivity index (χ0v) is 25.4. The molecule has 2 aromatic carbocycles. The molecule has 9 heteroatoms. The summed E-state index contributed by atoms with van der Waals surface area (Å²) in [6, 6.07) is 9.44. The van der Waals surface area contributed by atoms with Crippen LogP contribution in [-0.4, -0.2) is 52.5 Å². The van der Waals surface area contributed by atoms with Crippen LogP contribution in [0.15, 0.2) is 51.1 Å². The average molecular weight is 615 g/mol. The third-order valence-electron chi connectivity index (χ3n) is 7.58. The second-order valence-electron chi connectivity index (χ2n) is 9.97. The van der Waals surface area contributed by atoms with Crippen LogP contribution in [0.5, 0.6) is 23.0 Å². The van der Waals surface area contributed by atoms with Crippen LogP contribution in [0.1, 0.15) is 62.5 Å². The van der Waals surface area contributed by atoms with Gasteiger partial charge in [0.05, 0.1) is 39.5 Å². The van der Waals surface area contributed by atoms with E-state index in [9.17, 15) is 9.59 Å². The monoisotopic (exact) mass is 613 g/mol. The molecule has 0 amide bonds. The van der Waals surface area contributed by atoms with E-state index in [1.54, 1.807) is 28.4 Å². The van der Waals surface area contributed by atoms with Crippen molar-refractivity contribution in [2.24, 2.45) is 10.9 Å². The Morgan fingerprint density at radius 2 is 1.65 bits per heavy atom. The van der Waals surface area contributed by atoms with E-state index < -0.39 is 11.8 Å². The number of Topliss-reactive ketones (excluding diaryl/α,β-unsaturated/α-hetero) is 1. The summed E-state index contributed by atoms with van der Waals surface area (Å²) in [6.45, 7) is 4.20. The lowest BCUT2D eigenvalue weighted by Gasteiger charge is -2.37. The number of halogens is 1. The number of unbranched alkanes of at least 4 members (excludes halogenated alkanes) is 1. The van der Waals surface area contributed by atoms with E-state index in [0.717, 1.165) is 24.0 Å². The first-order valence-electron chi connectivity index (χ1n) is 13.4. The fourth-order valence-corrected chi connectivity index (χ4v) is 6.21. The van der Waals surface area contributed by atoms with Crippen molar-refractivity contribution in [1.82, 2.24) is 0 Å². The standard InChI is InChI=1S/C31H36BrNO7/c1-7-8-11-40-31(35)27-17(2)33-22-13-19(18-9-10-24(36-3)25(15-18)37-4)14-23(34)29(22)28(27)20-12-21(32)30(39-6)26(16-20)38-5/h9-10,12,15-16,19,27-28H,7-8,11,13-14H2,1-6H3/t19-,27?,28+/m1/s1. The van der Waals surface area contributed by atoms with Crippen molar-refractivity contribution in [2.75, 3.05) is 35.0 Å². The topological polar surface area (TPSA) is 92.7 Å². The van der Waals surface area contributed by atoms with Crippen LogP contribution in [0.3, 0.4) is 0 Å². The third kappa shape index (κ3) is 5.75. The highest BCUT2D eigenvalue weighted by Crippen LogP contribution is 2.49. The van der Waals surface area contributed by atoms with Gasteiger partial charge in [0, 0.05) is 29.3 Å². The summed E-state index contributed by atoms with van der Waals surface area (Å²) in [6.07, 6.45) is 2.51. The number of benzene rings is 2. The predicted molar refractivity (Wildman–Crippen MR) is 156 cm³/mol. The van der Waals surface area contributed by atoms with Crippen molar-refractivity contribution in [3.8, 4) is 23.0 Å². The molecule has 40 heavy (non-hydrogen) atoms. The molecule has 0 saturated carbocycles. The van der Waals surface area contributed by atoms with Crippen LogP contribution in [0.4, 0.5) is 0 Å². The Morgan fingerprint density at radius 3 is 2.30 bits per heavy atom. The van der Waals surface area contributed by atoms with Gasteiger partial charge in [0.15, 0.2) is 28.8 Å². The molecule has 8 nitrogen and oxygen atoms in total. The number of carbonyl (C=O) groups is 2. The van der Waals surface area contributed by atoms with Gasteiger partial charge in [-0.15, -0.1) is 0 Å². The molecule has 0 N–H and O–H groups in total. The number of carbonyl (C=O) groups excluding carboxylic acids is 2. The number of rotatable bonds is 10. The van der Waals surface area contributed by atoms with Crippen LogP contribution in [0, 0.1) is 5.92 Å². The van der Waals surface area contributed by atoms with Crippen LogP contribution in [0.2, 0.25) is 0 Å². The minimum atomic E-state index is -0.734. The number of allylic oxidation sites excluding steroid dienone is 2. The van der Waals surface area contributed by atoms with Crippen molar-refractivity contribution in [3.05, 3.63) is 57.2 Å². The minimum Gasteiger partial charge on any atom is -0.493 e. The van der Waals surface area contributed by atoms with Crippen molar-refractivity contribution < 1.29 is 33.3 Å². The fraction of sp³-hybridized carbons (Fsp3) is 0.452. The molecule has 1 heterocycles. The molecule has 0 spiro atoms. The lowest BCUT2D eigenvalue weighted by Crippen LogP contribution is -2.38. The van der Waals surface area contributed by atoms with Gasteiger partial charge in [-0.1, -0.05) is 19.4 Å². The predicted octanol–water partition coefficient (Wildman–Crippen LogP) is 6.40. The van der Waals surface area contributed by atoms with Gasteiger partial charge >= 0.3 is 5.97 Å². The molecule has 2 aliphatic rings. The van der Waals surface area contributed by atoms with Gasteiger partial charge in [0.1, 0.15) is 5.92 Å². The Hall–Kier alpha value is -3.33. The maximum absolute atomic E-state index is 14.0. The molecule has 214 valence electrons. The lowest BCUT2D eigenvalue weighted by molar-refractivity contribution is -0.146. The van der Waals surface area contributed by atoms with Gasteiger partial charge in [-0.2, -0.15) is 0 Å². The first kappa shape index (κ1) is 29.6. The number of hydrogen-bond donors (Lipinski definition) is 0. The second kappa shape index (κ2) is 12.9. The van der Waals surface area contributed by atoms with Crippen molar-refractivity contribution in [2.45, 2.75) is 51.4 Å². The van der Waals surface area contributed by atoms with E-state index in [1.165, 1.54) is 0 Å². The molecule has 2 aromatic rings. The molecule has 1 unspecified atom stereocenters. The third-order valence-corrected chi connectivity index (χ3v) is 8.17. The molecule has 1 aliphatic heterocycles. The van der Waals surface area contributed by atoms with E-state index in [-0.39, 0.29) is 24.1 Å². The van der Waals surface area contributed by atoms with Crippen molar-refractivity contribution in [1.29, 1.82) is 0 Å². The molecule has 3 atom stereocenters. The van der Waals surface area contributed by atoms with Crippen LogP contribution in [-0.2, 0) is 14.3 Å². The Morgan fingerprint density at radius 1 is 0.950 bits per heavy atom. The summed E-state index contributed by atoms with van der Waals surface area (Å²) in [5.74, 6) is 0.451. The number of esters is 1. The van der Waals surface area contributed by atoms with E-state index in [0.29, 0.717) is 57.5 Å². The molecule has 0 aromatic heterocycles. The highest BCUT2D eigenvalue weighted by atomic mass is 79.9. The van der Waals surface area contributed by atoms with E-state index in [2.05, 4.69) is 15.9 Å². The molecule has 0 bridgehead atoms. The molecule has 1 aliphatic carbocycles. The zero-order valence-electron chi connectivity index (χ0n) is 23.8. The van der Waals surface area contributed by atoms with Crippen LogP contribution >= 0.6 is 15.9 Å². The largest absolute Gasteiger partial charge is 0.493 e. The zero-order chi connectivity index (χ0) is 29.0. The smallest absolute Gasteiger partial charge is 0.315 e. The van der Waals surface area contributed by atoms with Gasteiger partial charge < -0.3 is 23.7 Å². The normalized spacial score (nSPS) is 20.4. The van der Waals surface area contributed by atoms with E-state index in [1.807, 2.05) is 44.2 Å². The first-order valence-corrected chi connectivity index (χ1v) is 14.2. The molecular weight excluding hydrogens is 578 g/mol. The number of methoxy groups -OCH3 is 4. The number of nitrogens with zero attached hydrogens (tertiary/aromatic N) is 1. The minimum absolute atomic E-state index is 0.0421. The summed E-state index contributed by atoms with van der Waals surface area (Å²) >= 11 is 3.58. The van der Waals surface area contributed by atoms with Gasteiger partial charge in [-0.3, -0.25) is 14.6 Å². The summed E-state index contributed by atoms with van der Waals surface area (Å²) in [7, 11) is 6.30. The highest BCUT2D eigenvalue weighted by Gasteiger charge is 2.45. The van der Waals surface area contributed by atoms with Gasteiger partial charge in [-0.05, 0) is 77.0 Å². The Bertz CT molecular complexity index is 1350. The van der Waals surface area contributed by atoms with E-state index >= 15 is 0 Å². The van der Waals surface area contributed by atoms with E-state index in [4.69, 9.17) is 28.7 Å². The van der Waals surface area contributed by atoms with Crippen molar-refractivity contribution >= 4 is 33.4 Å². The molecule has 0 radical (unpaired) electrons. The first-order chi connectivity index (χ1) is 19.3. The van der Waals surface area contributed by atoms with Gasteiger partial charge in [-0.25, -0.2) is 0 Å².